The lowest BCUT2D eigenvalue weighted by Gasteiger charge is -2.46. The van der Waals surface area contributed by atoms with E-state index in [1.807, 2.05) is 55.1 Å². The summed E-state index contributed by atoms with van der Waals surface area (Å²) >= 11 is 0. The fourth-order valence-corrected chi connectivity index (χ4v) is 4.90. The number of hydrogen-bond donors (Lipinski definition) is 2. The molecule has 216 valence electrons. The topological polar surface area (TPSA) is 156 Å². The highest BCUT2D eigenvalue weighted by Gasteiger charge is 2.36. The number of nitrogens with zero attached hydrogens (tertiary/aromatic N) is 7. The molecule has 0 atom stereocenters. The highest BCUT2D eigenvalue weighted by Crippen LogP contribution is 2.26. The van der Waals surface area contributed by atoms with Crippen LogP contribution in [0, 0.1) is 11.3 Å². The van der Waals surface area contributed by atoms with Gasteiger partial charge in [-0.2, -0.15) is 5.26 Å². The molecule has 12 nitrogen and oxygen atoms in total. The van der Waals surface area contributed by atoms with Gasteiger partial charge in [0.25, 0.3) is 5.91 Å². The molecule has 1 aliphatic heterocycles. The Morgan fingerprint density at radius 1 is 1.17 bits per heavy atom. The number of ether oxygens (including phenoxy) is 1. The number of carbonyl (C=O) groups excluding carboxylic acids is 1. The summed E-state index contributed by atoms with van der Waals surface area (Å²) in [5.41, 5.74) is 6.43. The van der Waals surface area contributed by atoms with Gasteiger partial charge in [-0.05, 0) is 56.3 Å². The lowest BCUT2D eigenvalue weighted by Crippen LogP contribution is -2.59. The zero-order chi connectivity index (χ0) is 30.0. The van der Waals surface area contributed by atoms with Gasteiger partial charge in [-0.25, -0.2) is 14.8 Å². The Morgan fingerprint density at radius 2 is 1.83 bits per heavy atom. The number of likely N-dealkylation sites (N-methyl/N-ethyl adjacent to an activating group) is 1. The van der Waals surface area contributed by atoms with E-state index in [1.54, 1.807) is 37.4 Å². The van der Waals surface area contributed by atoms with Crippen LogP contribution >= 0.6 is 0 Å². The fraction of sp³-hybridized carbons (Fsp3) is 0.300. The van der Waals surface area contributed by atoms with Crippen molar-refractivity contribution in [3.8, 4) is 23.3 Å². The Bertz CT molecular complexity index is 1730. The van der Waals surface area contributed by atoms with Crippen LogP contribution in [0.15, 0.2) is 77.4 Å². The van der Waals surface area contributed by atoms with Crippen LogP contribution < -0.4 is 16.2 Å². The molecule has 2 aromatic carbocycles. The van der Waals surface area contributed by atoms with Crippen molar-refractivity contribution >= 4 is 22.9 Å². The molecule has 0 bridgehead atoms. The number of nitrogen functional groups attached to an aromatic ring is 1. The van der Waals surface area contributed by atoms with Crippen molar-refractivity contribution < 1.29 is 14.6 Å². The van der Waals surface area contributed by atoms with Gasteiger partial charge in [0.05, 0.1) is 11.8 Å². The molecular formula is C30H32N8O4. The van der Waals surface area contributed by atoms with Crippen molar-refractivity contribution in [2.24, 2.45) is 0 Å². The number of aliphatic hydroxyl groups excluding tert-OH is 1. The molecule has 1 saturated heterocycles. The van der Waals surface area contributed by atoms with E-state index >= 15 is 0 Å². The first kappa shape index (κ1) is 28.5. The molecule has 4 aromatic rings. The van der Waals surface area contributed by atoms with Gasteiger partial charge >= 0.3 is 5.69 Å². The van der Waals surface area contributed by atoms with Crippen molar-refractivity contribution in [3.05, 3.63) is 83.1 Å². The third-order valence-electron chi connectivity index (χ3n) is 7.34. The molecule has 0 unspecified atom stereocenters. The number of anilines is 1. The van der Waals surface area contributed by atoms with Gasteiger partial charge in [-0.15, -0.1) is 0 Å². The van der Waals surface area contributed by atoms with Crippen LogP contribution in [0.25, 0.3) is 16.9 Å². The maximum Gasteiger partial charge on any atom is 0.335 e. The van der Waals surface area contributed by atoms with E-state index in [0.29, 0.717) is 41.4 Å². The smallest absolute Gasteiger partial charge is 0.335 e. The third kappa shape index (κ3) is 5.60. The van der Waals surface area contributed by atoms with E-state index in [0.717, 1.165) is 0 Å². The summed E-state index contributed by atoms with van der Waals surface area (Å²) in [6.07, 6.45) is 2.50. The average Bonchev–Trinajstić information content (AvgIpc) is 3.25. The molecule has 0 spiro atoms. The van der Waals surface area contributed by atoms with E-state index in [1.165, 1.54) is 20.4 Å². The maximum atomic E-state index is 13.7. The van der Waals surface area contributed by atoms with E-state index in [2.05, 4.69) is 9.97 Å². The van der Waals surface area contributed by atoms with Gasteiger partial charge in [0.2, 0.25) is 0 Å². The Labute approximate surface area is 242 Å². The summed E-state index contributed by atoms with van der Waals surface area (Å²) < 4.78 is 8.74. The second kappa shape index (κ2) is 11.5. The normalized spacial score (nSPS) is 14.4. The van der Waals surface area contributed by atoms with Crippen LogP contribution in [-0.4, -0.2) is 78.2 Å². The Hall–Kier alpha value is -4.99. The lowest BCUT2D eigenvalue weighted by atomic mass is 9.94. The molecule has 2 aromatic heterocycles. The highest BCUT2D eigenvalue weighted by molar-refractivity contribution is 5.97. The SMILES string of the molecule is CN(CCn1c(=O)n(-c2ccc(Oc3ccccc3)cc2)c2c(N)ncnc21)C(=O)C(C#N)=CC(C)(C)N1CC(O)C1. The number of nitriles is 1. The number of likely N-dealkylation sites (tertiary alicyclic amines) is 1. The number of nitrogens with two attached hydrogens (primary N) is 1. The molecule has 1 fully saturated rings. The maximum absolute atomic E-state index is 13.7. The number of rotatable bonds is 9. The van der Waals surface area contributed by atoms with Crippen molar-refractivity contribution in [2.45, 2.75) is 32.0 Å². The molecule has 5 rings (SSSR count). The molecule has 12 heteroatoms. The molecule has 42 heavy (non-hydrogen) atoms. The molecule has 0 radical (unpaired) electrons. The molecule has 1 amide bonds. The van der Waals surface area contributed by atoms with Crippen LogP contribution in [0.5, 0.6) is 11.5 Å². The molecule has 1 aliphatic rings. The highest BCUT2D eigenvalue weighted by atomic mass is 16.5. The van der Waals surface area contributed by atoms with Crippen LogP contribution in [0.3, 0.4) is 0 Å². The summed E-state index contributed by atoms with van der Waals surface area (Å²) in [6.45, 7) is 4.98. The molecule has 0 saturated carbocycles. The Morgan fingerprint density at radius 3 is 2.48 bits per heavy atom. The minimum Gasteiger partial charge on any atom is -0.457 e. The quantitative estimate of drug-likeness (QED) is 0.229. The number of amides is 1. The van der Waals surface area contributed by atoms with Gasteiger partial charge < -0.3 is 20.5 Å². The largest absolute Gasteiger partial charge is 0.457 e. The van der Waals surface area contributed by atoms with Gasteiger partial charge in [0.15, 0.2) is 11.5 Å². The van der Waals surface area contributed by atoms with Crippen LogP contribution in [0.2, 0.25) is 0 Å². The first-order valence-corrected chi connectivity index (χ1v) is 13.5. The predicted molar refractivity (Wildman–Crippen MR) is 157 cm³/mol. The number of aromatic nitrogens is 4. The van der Waals surface area contributed by atoms with E-state index in [9.17, 15) is 20.0 Å². The molecular weight excluding hydrogens is 536 g/mol. The van der Waals surface area contributed by atoms with E-state index in [4.69, 9.17) is 10.5 Å². The summed E-state index contributed by atoms with van der Waals surface area (Å²) in [4.78, 5) is 38.7. The van der Waals surface area contributed by atoms with Gasteiger partial charge in [-0.3, -0.25) is 18.8 Å². The predicted octanol–water partition coefficient (Wildman–Crippen LogP) is 2.32. The monoisotopic (exact) mass is 568 g/mol. The van der Waals surface area contributed by atoms with Crippen molar-refractivity contribution in [1.29, 1.82) is 5.26 Å². The second-order valence-electron chi connectivity index (χ2n) is 10.7. The summed E-state index contributed by atoms with van der Waals surface area (Å²) in [5, 5.41) is 19.4. The zero-order valence-electron chi connectivity index (χ0n) is 23.6. The van der Waals surface area contributed by atoms with Crippen molar-refractivity contribution in [1.82, 2.24) is 28.9 Å². The summed E-state index contributed by atoms with van der Waals surface area (Å²) in [7, 11) is 1.58. The van der Waals surface area contributed by atoms with E-state index < -0.39 is 23.2 Å². The number of hydrogen-bond acceptors (Lipinski definition) is 9. The number of carbonyl (C=O) groups is 1. The number of aliphatic hydroxyl groups is 1. The number of para-hydroxylation sites is 1. The van der Waals surface area contributed by atoms with Crippen LogP contribution in [0.4, 0.5) is 5.82 Å². The minimum absolute atomic E-state index is 0.0111. The summed E-state index contributed by atoms with van der Waals surface area (Å²) in [6, 6.07) is 18.4. The summed E-state index contributed by atoms with van der Waals surface area (Å²) in [5.74, 6) is 0.957. The van der Waals surface area contributed by atoms with Gasteiger partial charge in [-0.1, -0.05) is 18.2 Å². The fourth-order valence-electron chi connectivity index (χ4n) is 4.90. The molecule has 3 heterocycles. The molecule has 3 N–H and O–H groups in total. The number of fused-ring (bicyclic) bond motifs is 1. The Balaban J connectivity index is 1.38. The second-order valence-corrected chi connectivity index (χ2v) is 10.7. The van der Waals surface area contributed by atoms with E-state index in [-0.39, 0.29) is 24.5 Å². The number of imidazole rings is 1. The Kier molecular flexibility index (Phi) is 7.80. The van der Waals surface area contributed by atoms with Gasteiger partial charge in [0, 0.05) is 38.8 Å². The van der Waals surface area contributed by atoms with Crippen molar-refractivity contribution in [3.63, 3.8) is 0 Å². The standard InChI is InChI=1S/C30H32N8O4/c1-30(2,36-17-22(39)18-36)15-20(16-31)28(40)35(3)13-14-37-27-25(26(32)33-19-34-27)38(29(37)41)21-9-11-24(12-10-21)42-23-7-5-4-6-8-23/h4-12,15,19,22,39H,13-14,17-18H2,1-3H3,(H2,32,33,34). The zero-order valence-corrected chi connectivity index (χ0v) is 23.6. The first-order chi connectivity index (χ1) is 20.1. The lowest BCUT2D eigenvalue weighted by molar-refractivity contribution is -0.125. The van der Waals surface area contributed by atoms with Crippen LogP contribution in [0.1, 0.15) is 13.8 Å². The number of benzene rings is 2. The van der Waals surface area contributed by atoms with Crippen LogP contribution in [-0.2, 0) is 11.3 Å². The van der Waals surface area contributed by atoms with Crippen molar-refractivity contribution in [2.75, 3.05) is 32.4 Å². The van der Waals surface area contributed by atoms with Gasteiger partial charge in [0.1, 0.15) is 35.0 Å². The molecule has 0 aliphatic carbocycles. The third-order valence-corrected chi connectivity index (χ3v) is 7.34. The first-order valence-electron chi connectivity index (χ1n) is 13.5. The average molecular weight is 569 g/mol. The minimum atomic E-state index is -0.582. The number of β-amino-alcohol motifs (C(OH)–C–C–N with tert-alkyl or cyclic N) is 1.